The number of piperidine rings is 1. The third-order valence-electron chi connectivity index (χ3n) is 5.14. The third-order valence-corrected chi connectivity index (χ3v) is 5.14. The lowest BCUT2D eigenvalue weighted by atomic mass is 9.76. The molecule has 1 atom stereocenters. The van der Waals surface area contributed by atoms with Crippen molar-refractivity contribution in [2.45, 2.75) is 44.6 Å². The van der Waals surface area contributed by atoms with Crippen molar-refractivity contribution in [2.75, 3.05) is 46.9 Å². The molecule has 0 aromatic rings. The van der Waals surface area contributed by atoms with E-state index in [9.17, 15) is 4.79 Å². The Kier molecular flexibility index (Phi) is 7.15. The molecule has 2 saturated heterocycles. The van der Waals surface area contributed by atoms with Crippen molar-refractivity contribution in [2.24, 2.45) is 10.4 Å². The summed E-state index contributed by atoms with van der Waals surface area (Å²) >= 11 is 0. The number of carbonyl (C=O) groups is 1. The monoisotopic (exact) mass is 450 g/mol. The number of rotatable bonds is 3. The molecular weight excluding hydrogens is 419 g/mol. The Labute approximate surface area is 162 Å². The van der Waals surface area contributed by atoms with Gasteiger partial charge in [-0.1, -0.05) is 0 Å². The molecule has 1 N–H and O–H groups in total. The van der Waals surface area contributed by atoms with Crippen LogP contribution in [0, 0.1) is 5.41 Å². The van der Waals surface area contributed by atoms with Crippen molar-refractivity contribution in [1.82, 2.24) is 15.1 Å². The van der Waals surface area contributed by atoms with Gasteiger partial charge in [-0.3, -0.25) is 4.79 Å². The number of likely N-dealkylation sites (N-methyl/N-ethyl adjacent to an activating group) is 1. The van der Waals surface area contributed by atoms with Crippen LogP contribution in [-0.4, -0.2) is 74.7 Å². The predicted molar refractivity (Wildman–Crippen MR) is 106 cm³/mol. The van der Waals surface area contributed by atoms with Gasteiger partial charge in [-0.2, -0.15) is 0 Å². The highest BCUT2D eigenvalue weighted by atomic mass is 127. The Morgan fingerprint density at radius 3 is 2.71 bits per heavy atom. The van der Waals surface area contributed by atoms with Crippen LogP contribution in [0.15, 0.2) is 4.99 Å². The summed E-state index contributed by atoms with van der Waals surface area (Å²) in [5, 5.41) is 3.54. The van der Waals surface area contributed by atoms with E-state index < -0.39 is 0 Å². The van der Waals surface area contributed by atoms with E-state index in [2.05, 4.69) is 15.2 Å². The second-order valence-electron chi connectivity index (χ2n) is 7.53. The standard InChI is InChI=1S/C17H30N4O2.HI/c1-20(2)15(22)11-18-16(19-14-5-6-14)21-9-3-7-17(12-21)8-4-10-23-13-17;/h14H,3-13H2,1-2H3,(H,18,19);1H. The van der Waals surface area contributed by atoms with Crippen LogP contribution in [-0.2, 0) is 9.53 Å². The van der Waals surface area contributed by atoms with Gasteiger partial charge in [0.2, 0.25) is 5.91 Å². The van der Waals surface area contributed by atoms with Crippen LogP contribution >= 0.6 is 24.0 Å². The molecular formula is C17H31IN4O2. The number of halogens is 1. The zero-order chi connectivity index (χ0) is 16.3. The quantitative estimate of drug-likeness (QED) is 0.404. The fourth-order valence-corrected chi connectivity index (χ4v) is 3.55. The maximum absolute atomic E-state index is 11.9. The fraction of sp³-hybridized carbons (Fsp3) is 0.882. The number of aliphatic imine (C=N–C) groups is 1. The summed E-state index contributed by atoms with van der Waals surface area (Å²) in [6.45, 7) is 4.03. The van der Waals surface area contributed by atoms with Crippen molar-refractivity contribution in [3.63, 3.8) is 0 Å². The number of carbonyl (C=O) groups excluding carboxylic acids is 1. The molecule has 1 unspecified atom stereocenters. The average molecular weight is 450 g/mol. The second kappa shape index (κ2) is 8.69. The van der Waals surface area contributed by atoms with Crippen LogP contribution in [0.3, 0.4) is 0 Å². The molecule has 2 heterocycles. The number of nitrogens with zero attached hydrogens (tertiary/aromatic N) is 3. The minimum atomic E-state index is 0. The van der Waals surface area contributed by atoms with E-state index >= 15 is 0 Å². The van der Waals surface area contributed by atoms with E-state index in [0.717, 1.165) is 38.7 Å². The molecule has 0 radical (unpaired) electrons. The summed E-state index contributed by atoms with van der Waals surface area (Å²) in [4.78, 5) is 20.5. The van der Waals surface area contributed by atoms with Crippen LogP contribution < -0.4 is 5.32 Å². The molecule has 0 aromatic carbocycles. The van der Waals surface area contributed by atoms with Crippen molar-refractivity contribution < 1.29 is 9.53 Å². The maximum atomic E-state index is 11.9. The van der Waals surface area contributed by atoms with Crippen molar-refractivity contribution >= 4 is 35.8 Å². The molecule has 24 heavy (non-hydrogen) atoms. The molecule has 0 bridgehead atoms. The van der Waals surface area contributed by atoms with Gasteiger partial charge < -0.3 is 19.9 Å². The van der Waals surface area contributed by atoms with E-state index in [1.165, 1.54) is 32.1 Å². The van der Waals surface area contributed by atoms with Gasteiger partial charge in [0.25, 0.3) is 0 Å². The van der Waals surface area contributed by atoms with Crippen molar-refractivity contribution in [3.8, 4) is 0 Å². The highest BCUT2D eigenvalue weighted by molar-refractivity contribution is 14.0. The molecule has 3 fully saturated rings. The number of nitrogens with one attached hydrogen (secondary N) is 1. The lowest BCUT2D eigenvalue weighted by molar-refractivity contribution is -0.127. The van der Waals surface area contributed by atoms with Crippen LogP contribution in [0.5, 0.6) is 0 Å². The van der Waals surface area contributed by atoms with Gasteiger partial charge in [-0.05, 0) is 38.5 Å². The first-order chi connectivity index (χ1) is 11.1. The predicted octanol–water partition coefficient (Wildman–Crippen LogP) is 1.69. The molecule has 138 valence electrons. The minimum Gasteiger partial charge on any atom is -0.381 e. The molecule has 0 aromatic heterocycles. The molecule has 2 aliphatic heterocycles. The van der Waals surface area contributed by atoms with Crippen LogP contribution in [0.2, 0.25) is 0 Å². The first-order valence-electron chi connectivity index (χ1n) is 8.92. The van der Waals surface area contributed by atoms with Gasteiger partial charge in [-0.15, -0.1) is 24.0 Å². The number of guanidine groups is 1. The number of likely N-dealkylation sites (tertiary alicyclic amines) is 1. The number of hydrogen-bond donors (Lipinski definition) is 1. The Morgan fingerprint density at radius 2 is 2.08 bits per heavy atom. The normalized spacial score (nSPS) is 27.6. The number of hydrogen-bond acceptors (Lipinski definition) is 3. The van der Waals surface area contributed by atoms with Crippen LogP contribution in [0.25, 0.3) is 0 Å². The molecule has 1 saturated carbocycles. The van der Waals surface area contributed by atoms with Crippen molar-refractivity contribution in [1.29, 1.82) is 0 Å². The topological polar surface area (TPSA) is 57.2 Å². The Balaban J connectivity index is 0.00000208. The van der Waals surface area contributed by atoms with E-state index in [1.54, 1.807) is 19.0 Å². The highest BCUT2D eigenvalue weighted by Gasteiger charge is 2.39. The zero-order valence-corrected chi connectivity index (χ0v) is 17.3. The summed E-state index contributed by atoms with van der Waals surface area (Å²) in [6.07, 6.45) is 7.25. The molecule has 7 heteroatoms. The van der Waals surface area contributed by atoms with Crippen LogP contribution in [0.4, 0.5) is 0 Å². The molecule has 1 spiro atoms. The summed E-state index contributed by atoms with van der Waals surface area (Å²) in [5.74, 6) is 0.972. The van der Waals surface area contributed by atoms with Crippen molar-refractivity contribution in [3.05, 3.63) is 0 Å². The van der Waals surface area contributed by atoms with Gasteiger partial charge in [0.05, 0.1) is 6.61 Å². The molecule has 3 aliphatic rings. The average Bonchev–Trinajstić information content (AvgIpc) is 3.36. The van der Waals surface area contributed by atoms with E-state index in [1.807, 2.05) is 0 Å². The maximum Gasteiger partial charge on any atom is 0.243 e. The first kappa shape index (κ1) is 19.8. The van der Waals surface area contributed by atoms with Crippen LogP contribution in [0.1, 0.15) is 38.5 Å². The van der Waals surface area contributed by atoms with Gasteiger partial charge >= 0.3 is 0 Å². The smallest absolute Gasteiger partial charge is 0.243 e. The first-order valence-corrected chi connectivity index (χ1v) is 8.92. The Bertz CT molecular complexity index is 454. The SMILES string of the molecule is CN(C)C(=O)CN=C(NC1CC1)N1CCCC2(CCCOC2)C1.I. The molecule has 3 rings (SSSR count). The van der Waals surface area contributed by atoms with Gasteiger partial charge in [-0.25, -0.2) is 4.99 Å². The van der Waals surface area contributed by atoms with Gasteiger partial charge in [0.15, 0.2) is 5.96 Å². The van der Waals surface area contributed by atoms with E-state index in [4.69, 9.17) is 4.74 Å². The van der Waals surface area contributed by atoms with Gasteiger partial charge in [0, 0.05) is 45.2 Å². The van der Waals surface area contributed by atoms with E-state index in [-0.39, 0.29) is 41.8 Å². The van der Waals surface area contributed by atoms with Gasteiger partial charge in [0.1, 0.15) is 6.54 Å². The largest absolute Gasteiger partial charge is 0.381 e. The Hall–Kier alpha value is -0.570. The molecule has 1 amide bonds. The highest BCUT2D eigenvalue weighted by Crippen LogP contribution is 2.37. The summed E-state index contributed by atoms with van der Waals surface area (Å²) in [6, 6.07) is 0.545. The lowest BCUT2D eigenvalue weighted by Gasteiger charge is -2.45. The molecule has 6 nitrogen and oxygen atoms in total. The lowest BCUT2D eigenvalue weighted by Crippen LogP contribution is -2.53. The van der Waals surface area contributed by atoms with E-state index in [0.29, 0.717) is 6.04 Å². The summed E-state index contributed by atoms with van der Waals surface area (Å²) in [5.41, 5.74) is 0.286. The Morgan fingerprint density at radius 1 is 1.33 bits per heavy atom. The third kappa shape index (κ3) is 5.21. The summed E-state index contributed by atoms with van der Waals surface area (Å²) < 4.78 is 5.77. The fourth-order valence-electron chi connectivity index (χ4n) is 3.55. The second-order valence-corrected chi connectivity index (χ2v) is 7.53. The number of amides is 1. The summed E-state index contributed by atoms with van der Waals surface area (Å²) in [7, 11) is 3.56. The number of ether oxygens (including phenoxy) is 1. The minimum absolute atomic E-state index is 0. The molecule has 1 aliphatic carbocycles. The zero-order valence-electron chi connectivity index (χ0n) is 14.9.